The maximum absolute atomic E-state index is 11.9. The van der Waals surface area contributed by atoms with Gasteiger partial charge in [0.25, 0.3) is 0 Å². The SMILES string of the molecule is [N-]=[N+]=NCCOCCNC(=O)OCC1c2ccccc2-c2ccccc21. The predicted octanol–water partition coefficient (Wildman–Crippen LogP) is 3.85. The quantitative estimate of drug-likeness (QED) is 0.338. The van der Waals surface area contributed by atoms with Crippen LogP contribution in [0, 0.1) is 0 Å². The lowest BCUT2D eigenvalue weighted by atomic mass is 9.98. The van der Waals surface area contributed by atoms with E-state index in [0.717, 1.165) is 0 Å². The molecule has 0 atom stereocenters. The van der Waals surface area contributed by atoms with Crippen molar-refractivity contribution in [3.63, 3.8) is 0 Å². The molecule has 0 aliphatic heterocycles. The molecule has 2 aromatic carbocycles. The molecule has 26 heavy (non-hydrogen) atoms. The van der Waals surface area contributed by atoms with Gasteiger partial charge in [-0.05, 0) is 27.8 Å². The summed E-state index contributed by atoms with van der Waals surface area (Å²) in [5.74, 6) is 0.0493. The molecular formula is C19H20N4O3. The van der Waals surface area contributed by atoms with Gasteiger partial charge in [0.2, 0.25) is 0 Å². The van der Waals surface area contributed by atoms with Crippen molar-refractivity contribution < 1.29 is 14.3 Å². The van der Waals surface area contributed by atoms with Crippen molar-refractivity contribution >= 4 is 6.09 Å². The summed E-state index contributed by atoms with van der Waals surface area (Å²) in [5.41, 5.74) is 12.9. The largest absolute Gasteiger partial charge is 0.449 e. The van der Waals surface area contributed by atoms with Gasteiger partial charge in [-0.25, -0.2) is 4.79 Å². The molecule has 0 heterocycles. The van der Waals surface area contributed by atoms with Crippen molar-refractivity contribution in [2.75, 3.05) is 32.9 Å². The van der Waals surface area contributed by atoms with Crippen LogP contribution in [0.4, 0.5) is 4.79 Å². The third-order valence-electron chi connectivity index (χ3n) is 4.26. The second kappa shape index (κ2) is 8.89. The molecule has 0 fully saturated rings. The number of hydrogen-bond acceptors (Lipinski definition) is 4. The van der Waals surface area contributed by atoms with Crippen LogP contribution in [0.15, 0.2) is 53.6 Å². The first-order valence-electron chi connectivity index (χ1n) is 8.48. The molecule has 2 aromatic rings. The zero-order valence-electron chi connectivity index (χ0n) is 14.3. The molecule has 0 unspecified atom stereocenters. The monoisotopic (exact) mass is 352 g/mol. The van der Waals surface area contributed by atoms with Gasteiger partial charge >= 0.3 is 6.09 Å². The molecule has 0 bridgehead atoms. The summed E-state index contributed by atoms with van der Waals surface area (Å²) < 4.78 is 10.6. The lowest BCUT2D eigenvalue weighted by molar-refractivity contribution is 0.124. The van der Waals surface area contributed by atoms with Crippen molar-refractivity contribution in [2.45, 2.75) is 5.92 Å². The number of nitrogens with one attached hydrogen (secondary N) is 1. The van der Waals surface area contributed by atoms with E-state index in [9.17, 15) is 4.79 Å². The van der Waals surface area contributed by atoms with Gasteiger partial charge in [0, 0.05) is 23.9 Å². The Morgan fingerprint density at radius 3 is 2.38 bits per heavy atom. The fourth-order valence-electron chi connectivity index (χ4n) is 3.13. The zero-order chi connectivity index (χ0) is 18.2. The highest BCUT2D eigenvalue weighted by atomic mass is 16.5. The maximum Gasteiger partial charge on any atom is 0.407 e. The van der Waals surface area contributed by atoms with Gasteiger partial charge < -0.3 is 14.8 Å². The first-order chi connectivity index (χ1) is 12.8. The standard InChI is InChI=1S/C19H20N4O3/c20-23-22-10-12-25-11-9-21-19(24)26-13-18-16-7-3-1-5-14(16)15-6-2-4-8-17(15)18/h1-8,18H,9-13H2,(H,21,24). The van der Waals surface area contributed by atoms with Gasteiger partial charge in [-0.3, -0.25) is 0 Å². The van der Waals surface area contributed by atoms with Gasteiger partial charge in [-0.15, -0.1) is 0 Å². The molecule has 1 N–H and O–H groups in total. The summed E-state index contributed by atoms with van der Waals surface area (Å²) in [4.78, 5) is 14.5. The van der Waals surface area contributed by atoms with Crippen LogP contribution in [0.5, 0.6) is 0 Å². The van der Waals surface area contributed by atoms with Crippen LogP contribution in [0.1, 0.15) is 17.0 Å². The lowest BCUT2D eigenvalue weighted by Crippen LogP contribution is -2.29. The number of carbonyl (C=O) groups excluding carboxylic acids is 1. The van der Waals surface area contributed by atoms with Crippen molar-refractivity contribution in [2.24, 2.45) is 5.11 Å². The molecule has 1 aliphatic rings. The third kappa shape index (κ3) is 4.14. The van der Waals surface area contributed by atoms with Crippen molar-refractivity contribution in [1.82, 2.24) is 5.32 Å². The van der Waals surface area contributed by atoms with Crippen molar-refractivity contribution in [1.29, 1.82) is 0 Å². The van der Waals surface area contributed by atoms with E-state index in [4.69, 9.17) is 15.0 Å². The zero-order valence-corrected chi connectivity index (χ0v) is 14.3. The van der Waals surface area contributed by atoms with Crippen LogP contribution in [-0.2, 0) is 9.47 Å². The number of azide groups is 1. The minimum atomic E-state index is -0.467. The van der Waals surface area contributed by atoms with E-state index in [1.807, 2.05) is 24.3 Å². The van der Waals surface area contributed by atoms with Crippen LogP contribution in [0.2, 0.25) is 0 Å². The number of carbonyl (C=O) groups is 1. The average molecular weight is 352 g/mol. The molecule has 0 aromatic heterocycles. The van der Waals surface area contributed by atoms with Gasteiger partial charge in [-0.2, -0.15) is 0 Å². The van der Waals surface area contributed by atoms with Crippen LogP contribution in [-0.4, -0.2) is 39.0 Å². The molecule has 0 saturated carbocycles. The van der Waals surface area contributed by atoms with E-state index in [1.165, 1.54) is 22.3 Å². The Morgan fingerprint density at radius 2 is 1.73 bits per heavy atom. The summed E-state index contributed by atoms with van der Waals surface area (Å²) in [7, 11) is 0. The maximum atomic E-state index is 11.9. The Labute approximate surface area is 151 Å². The van der Waals surface area contributed by atoms with Crippen LogP contribution < -0.4 is 5.32 Å². The number of hydrogen-bond donors (Lipinski definition) is 1. The summed E-state index contributed by atoms with van der Waals surface area (Å²) in [6.45, 7) is 1.58. The Kier molecular flexibility index (Phi) is 6.09. The van der Waals surface area contributed by atoms with E-state index in [1.54, 1.807) is 0 Å². The highest BCUT2D eigenvalue weighted by molar-refractivity contribution is 5.79. The van der Waals surface area contributed by atoms with Gasteiger partial charge in [0.1, 0.15) is 6.61 Å². The summed E-state index contributed by atoms with van der Waals surface area (Å²) in [6.07, 6.45) is -0.467. The topological polar surface area (TPSA) is 96.3 Å². The van der Waals surface area contributed by atoms with E-state index < -0.39 is 6.09 Å². The van der Waals surface area contributed by atoms with Crippen molar-refractivity contribution in [3.8, 4) is 11.1 Å². The van der Waals surface area contributed by atoms with E-state index in [-0.39, 0.29) is 19.1 Å². The lowest BCUT2D eigenvalue weighted by Gasteiger charge is -2.14. The van der Waals surface area contributed by atoms with Crippen LogP contribution in [0.3, 0.4) is 0 Å². The molecule has 1 amide bonds. The van der Waals surface area contributed by atoms with Gasteiger partial charge in [0.05, 0.1) is 13.2 Å². The molecular weight excluding hydrogens is 332 g/mol. The van der Waals surface area contributed by atoms with E-state index in [2.05, 4.69) is 39.6 Å². The predicted molar refractivity (Wildman–Crippen MR) is 97.9 cm³/mol. The van der Waals surface area contributed by atoms with Crippen LogP contribution >= 0.6 is 0 Å². The Balaban J connectivity index is 1.49. The Bertz CT molecular complexity index is 772. The smallest absolute Gasteiger partial charge is 0.407 e. The molecule has 0 radical (unpaired) electrons. The average Bonchev–Trinajstić information content (AvgIpc) is 3.00. The Hall–Kier alpha value is -3.02. The Morgan fingerprint density at radius 1 is 1.08 bits per heavy atom. The number of rotatable bonds is 8. The minimum Gasteiger partial charge on any atom is -0.449 e. The fourth-order valence-corrected chi connectivity index (χ4v) is 3.13. The molecule has 0 spiro atoms. The second-order valence-electron chi connectivity index (χ2n) is 5.82. The number of fused-ring (bicyclic) bond motifs is 3. The number of nitrogens with zero attached hydrogens (tertiary/aromatic N) is 3. The molecule has 1 aliphatic carbocycles. The first kappa shape index (κ1) is 17.8. The summed E-state index contributed by atoms with van der Waals surface area (Å²) in [6, 6.07) is 16.4. The highest BCUT2D eigenvalue weighted by Gasteiger charge is 2.28. The minimum absolute atomic E-state index is 0.0493. The number of benzene rings is 2. The third-order valence-corrected chi connectivity index (χ3v) is 4.26. The van der Waals surface area contributed by atoms with E-state index >= 15 is 0 Å². The fraction of sp³-hybridized carbons (Fsp3) is 0.316. The summed E-state index contributed by atoms with van der Waals surface area (Å²) >= 11 is 0. The van der Waals surface area contributed by atoms with Gasteiger partial charge in [-0.1, -0.05) is 53.6 Å². The van der Waals surface area contributed by atoms with Crippen molar-refractivity contribution in [3.05, 3.63) is 70.1 Å². The molecule has 7 nitrogen and oxygen atoms in total. The molecule has 134 valence electrons. The number of amides is 1. The molecule has 3 rings (SSSR count). The first-order valence-corrected chi connectivity index (χ1v) is 8.48. The molecule has 7 heteroatoms. The normalized spacial score (nSPS) is 12.0. The number of ether oxygens (including phenoxy) is 2. The molecule has 0 saturated heterocycles. The second-order valence-corrected chi connectivity index (χ2v) is 5.82. The summed E-state index contributed by atoms with van der Waals surface area (Å²) in [5, 5.41) is 6.01. The number of alkyl carbamates (subject to hydrolysis) is 1. The van der Waals surface area contributed by atoms with E-state index in [0.29, 0.717) is 19.8 Å². The van der Waals surface area contributed by atoms with Crippen LogP contribution in [0.25, 0.3) is 21.6 Å². The van der Waals surface area contributed by atoms with Gasteiger partial charge in [0.15, 0.2) is 0 Å². The highest BCUT2D eigenvalue weighted by Crippen LogP contribution is 2.44.